The number of hydrogen-bond acceptors (Lipinski definition) is 3. The maximum atomic E-state index is 4.53. The Morgan fingerprint density at radius 1 is 1.15 bits per heavy atom. The Bertz CT molecular complexity index is 796. The number of guanidine groups is 1. The van der Waals surface area contributed by atoms with Crippen LogP contribution in [0.1, 0.15) is 49.8 Å². The van der Waals surface area contributed by atoms with Crippen LogP contribution in [0.2, 0.25) is 0 Å². The lowest BCUT2D eigenvalue weighted by Gasteiger charge is -2.27. The highest BCUT2D eigenvalue weighted by Crippen LogP contribution is 2.33. The molecule has 144 valence electrons. The van der Waals surface area contributed by atoms with Gasteiger partial charge in [0, 0.05) is 38.5 Å². The number of benzene rings is 1. The molecule has 2 aliphatic heterocycles. The quantitative estimate of drug-likeness (QED) is 0.670. The van der Waals surface area contributed by atoms with Crippen LogP contribution in [0.3, 0.4) is 0 Å². The summed E-state index contributed by atoms with van der Waals surface area (Å²) >= 11 is 0. The lowest BCUT2D eigenvalue weighted by molar-refractivity contribution is 0.437. The average molecular weight is 367 g/mol. The lowest BCUT2D eigenvalue weighted by atomic mass is 9.82. The molecule has 0 bridgehead atoms. The molecule has 4 rings (SSSR count). The molecule has 0 radical (unpaired) electrons. The third-order valence-electron chi connectivity index (χ3n) is 6.05. The maximum absolute atomic E-state index is 4.53. The smallest absolute Gasteiger partial charge is 0.194 e. The summed E-state index contributed by atoms with van der Waals surface area (Å²) in [5.74, 6) is 3.12. The molecular weight excluding hydrogens is 336 g/mol. The normalized spacial score (nSPS) is 23.2. The highest BCUT2D eigenvalue weighted by Gasteiger charge is 2.36. The minimum atomic E-state index is 0.171. The Morgan fingerprint density at radius 2 is 2.00 bits per heavy atom. The molecule has 1 unspecified atom stereocenters. The molecule has 1 aromatic carbocycles. The molecule has 0 aliphatic carbocycles. The third-order valence-corrected chi connectivity index (χ3v) is 6.05. The van der Waals surface area contributed by atoms with Crippen molar-refractivity contribution in [3.63, 3.8) is 0 Å². The van der Waals surface area contributed by atoms with Gasteiger partial charge in [0.1, 0.15) is 5.82 Å². The highest BCUT2D eigenvalue weighted by molar-refractivity contribution is 5.80. The van der Waals surface area contributed by atoms with E-state index in [2.05, 4.69) is 67.2 Å². The van der Waals surface area contributed by atoms with Crippen molar-refractivity contribution in [2.24, 2.45) is 4.99 Å². The summed E-state index contributed by atoms with van der Waals surface area (Å²) in [7, 11) is 1.87. The van der Waals surface area contributed by atoms with Gasteiger partial charge in [-0.15, -0.1) is 10.2 Å². The predicted molar refractivity (Wildman–Crippen MR) is 108 cm³/mol. The van der Waals surface area contributed by atoms with Crippen LogP contribution in [0.5, 0.6) is 0 Å². The number of nitrogens with zero attached hydrogens (tertiary/aromatic N) is 5. The number of aliphatic imine (C=N–C) groups is 1. The van der Waals surface area contributed by atoms with Gasteiger partial charge < -0.3 is 14.8 Å². The molecule has 1 N–H and O–H groups in total. The molecule has 3 heterocycles. The molecule has 27 heavy (non-hydrogen) atoms. The molecule has 6 heteroatoms. The molecular formula is C21H30N6. The van der Waals surface area contributed by atoms with Crippen molar-refractivity contribution in [2.45, 2.75) is 57.5 Å². The maximum Gasteiger partial charge on any atom is 0.194 e. The summed E-state index contributed by atoms with van der Waals surface area (Å²) in [4.78, 5) is 6.90. The minimum Gasteiger partial charge on any atom is -0.349 e. The fraction of sp³-hybridized carbons (Fsp3) is 0.571. The predicted octanol–water partition coefficient (Wildman–Crippen LogP) is 2.74. The zero-order valence-electron chi connectivity index (χ0n) is 16.5. The summed E-state index contributed by atoms with van der Waals surface area (Å²) in [5, 5.41) is 12.4. The number of aryl methyl sites for hydroxylation is 1. The van der Waals surface area contributed by atoms with Crippen LogP contribution in [0.15, 0.2) is 35.3 Å². The zero-order chi connectivity index (χ0) is 18.7. The number of aromatic nitrogens is 3. The van der Waals surface area contributed by atoms with Gasteiger partial charge in [-0.25, -0.2) is 0 Å². The van der Waals surface area contributed by atoms with E-state index in [0.717, 1.165) is 50.1 Å². The van der Waals surface area contributed by atoms with Gasteiger partial charge in [0.05, 0.1) is 6.54 Å². The first-order chi connectivity index (χ1) is 13.2. The van der Waals surface area contributed by atoms with Crippen LogP contribution in [0.4, 0.5) is 0 Å². The van der Waals surface area contributed by atoms with Gasteiger partial charge >= 0.3 is 0 Å². The van der Waals surface area contributed by atoms with Crippen molar-refractivity contribution < 1.29 is 0 Å². The number of likely N-dealkylation sites (tertiary alicyclic amines) is 1. The zero-order valence-corrected chi connectivity index (χ0v) is 16.5. The molecule has 0 spiro atoms. The molecule has 2 aromatic rings. The number of fused-ring (bicyclic) bond motifs is 1. The monoisotopic (exact) mass is 366 g/mol. The second-order valence-electron chi connectivity index (χ2n) is 7.99. The number of hydrogen-bond donors (Lipinski definition) is 1. The highest BCUT2D eigenvalue weighted by atomic mass is 15.3. The molecule has 1 fully saturated rings. The van der Waals surface area contributed by atoms with Gasteiger partial charge in [0.15, 0.2) is 11.8 Å². The van der Waals surface area contributed by atoms with E-state index in [-0.39, 0.29) is 5.41 Å². The minimum absolute atomic E-state index is 0.171. The van der Waals surface area contributed by atoms with Crippen molar-refractivity contribution in [1.29, 1.82) is 0 Å². The van der Waals surface area contributed by atoms with Crippen LogP contribution in [0.25, 0.3) is 0 Å². The van der Waals surface area contributed by atoms with Crippen molar-refractivity contribution in [3.8, 4) is 0 Å². The van der Waals surface area contributed by atoms with E-state index in [1.165, 1.54) is 24.8 Å². The van der Waals surface area contributed by atoms with E-state index in [1.54, 1.807) is 0 Å². The second-order valence-corrected chi connectivity index (χ2v) is 7.99. The largest absolute Gasteiger partial charge is 0.349 e. The summed E-state index contributed by atoms with van der Waals surface area (Å²) in [6.45, 7) is 6.07. The standard InChI is InChI=1S/C21H30N6/c1-21(17-9-5-3-6-10-17)12-14-26(16-21)20(22-2)23-15-19-25-24-18-11-7-4-8-13-27(18)19/h3,5-6,9-10H,4,7-8,11-16H2,1-2H3,(H,22,23). The van der Waals surface area contributed by atoms with Crippen LogP contribution in [0, 0.1) is 0 Å². The van der Waals surface area contributed by atoms with E-state index in [4.69, 9.17) is 0 Å². The van der Waals surface area contributed by atoms with Gasteiger partial charge in [0.2, 0.25) is 0 Å². The van der Waals surface area contributed by atoms with Gasteiger partial charge in [-0.05, 0) is 24.8 Å². The Morgan fingerprint density at radius 3 is 2.81 bits per heavy atom. The van der Waals surface area contributed by atoms with E-state index < -0.39 is 0 Å². The Kier molecular flexibility index (Phi) is 5.14. The third kappa shape index (κ3) is 3.70. The first kappa shape index (κ1) is 18.0. The Labute approximate surface area is 161 Å². The SMILES string of the molecule is CN=C(NCc1nnc2n1CCCCC2)N1CCC(C)(c2ccccc2)C1. The summed E-state index contributed by atoms with van der Waals surface area (Å²) < 4.78 is 2.30. The molecule has 0 amide bonds. The fourth-order valence-corrected chi connectivity index (χ4v) is 4.38. The number of nitrogens with one attached hydrogen (secondary N) is 1. The molecule has 6 nitrogen and oxygen atoms in total. The van der Waals surface area contributed by atoms with Crippen LogP contribution < -0.4 is 5.32 Å². The van der Waals surface area contributed by atoms with E-state index in [0.29, 0.717) is 6.54 Å². The number of rotatable bonds is 3. The van der Waals surface area contributed by atoms with Crippen LogP contribution in [-0.2, 0) is 24.9 Å². The lowest BCUT2D eigenvalue weighted by Crippen LogP contribution is -2.41. The van der Waals surface area contributed by atoms with E-state index in [9.17, 15) is 0 Å². The molecule has 0 saturated carbocycles. The van der Waals surface area contributed by atoms with Crippen molar-refractivity contribution in [2.75, 3.05) is 20.1 Å². The summed E-state index contributed by atoms with van der Waals surface area (Å²) in [6.07, 6.45) is 5.90. The first-order valence-electron chi connectivity index (χ1n) is 10.1. The molecule has 1 saturated heterocycles. The van der Waals surface area contributed by atoms with Crippen molar-refractivity contribution >= 4 is 5.96 Å². The second kappa shape index (κ2) is 7.71. The summed E-state index contributed by atoms with van der Waals surface area (Å²) in [6, 6.07) is 10.8. The van der Waals surface area contributed by atoms with Crippen molar-refractivity contribution in [1.82, 2.24) is 25.0 Å². The molecule has 2 aliphatic rings. The summed E-state index contributed by atoms with van der Waals surface area (Å²) in [5.41, 5.74) is 1.58. The van der Waals surface area contributed by atoms with Crippen LogP contribution >= 0.6 is 0 Å². The van der Waals surface area contributed by atoms with Gasteiger partial charge in [0.25, 0.3) is 0 Å². The van der Waals surface area contributed by atoms with Crippen LogP contribution in [-0.4, -0.2) is 45.8 Å². The van der Waals surface area contributed by atoms with E-state index in [1.807, 2.05) is 7.05 Å². The average Bonchev–Trinajstić information content (AvgIpc) is 3.20. The molecule has 1 atom stereocenters. The van der Waals surface area contributed by atoms with E-state index >= 15 is 0 Å². The van der Waals surface area contributed by atoms with Gasteiger partial charge in [-0.2, -0.15) is 0 Å². The van der Waals surface area contributed by atoms with Gasteiger partial charge in [-0.1, -0.05) is 43.7 Å². The van der Waals surface area contributed by atoms with Gasteiger partial charge in [-0.3, -0.25) is 4.99 Å². The Balaban J connectivity index is 1.42. The first-order valence-corrected chi connectivity index (χ1v) is 10.1. The topological polar surface area (TPSA) is 58.3 Å². The fourth-order valence-electron chi connectivity index (χ4n) is 4.38. The molecule has 1 aromatic heterocycles. The van der Waals surface area contributed by atoms with Crippen molar-refractivity contribution in [3.05, 3.63) is 47.5 Å². The Hall–Kier alpha value is -2.37.